The first kappa shape index (κ1) is 21.6. The van der Waals surface area contributed by atoms with Gasteiger partial charge < -0.3 is 10.6 Å². The number of nitrogens with zero attached hydrogens (tertiary/aromatic N) is 1. The predicted molar refractivity (Wildman–Crippen MR) is 105 cm³/mol. The standard InChI is InChI=1S/C13H24N4O2S2.HI/c1-4-14-13(15-7-8-17-21(3,18)19)16-10-11(2)12-6-5-9-20-12;/h5-6,9,11,17H,4,7-8,10H2,1-3H3,(H2,14,15,16);1H. The van der Waals surface area contributed by atoms with Crippen LogP contribution in [0, 0.1) is 0 Å². The van der Waals surface area contributed by atoms with Gasteiger partial charge in [0.2, 0.25) is 10.0 Å². The number of aliphatic imine (C=N–C) groups is 1. The van der Waals surface area contributed by atoms with Gasteiger partial charge in [0.05, 0.1) is 12.8 Å². The first-order chi connectivity index (χ1) is 9.92. The first-order valence-corrected chi connectivity index (χ1v) is 9.69. The average molecular weight is 460 g/mol. The van der Waals surface area contributed by atoms with Gasteiger partial charge in [-0.05, 0) is 18.4 Å². The van der Waals surface area contributed by atoms with E-state index in [4.69, 9.17) is 0 Å². The molecule has 1 aromatic heterocycles. The predicted octanol–water partition coefficient (Wildman–Crippen LogP) is 1.57. The Kier molecular flexibility index (Phi) is 11.0. The molecule has 0 aliphatic heterocycles. The van der Waals surface area contributed by atoms with E-state index in [0.29, 0.717) is 31.5 Å². The van der Waals surface area contributed by atoms with Gasteiger partial charge in [-0.15, -0.1) is 35.3 Å². The van der Waals surface area contributed by atoms with Crippen molar-refractivity contribution >= 4 is 51.3 Å². The summed E-state index contributed by atoms with van der Waals surface area (Å²) >= 11 is 1.73. The molecule has 22 heavy (non-hydrogen) atoms. The van der Waals surface area contributed by atoms with E-state index in [-0.39, 0.29) is 24.0 Å². The zero-order valence-electron chi connectivity index (χ0n) is 13.1. The SMILES string of the molecule is CCNC(=NCC(C)c1cccs1)NCCNS(C)(=O)=O.I. The highest BCUT2D eigenvalue weighted by atomic mass is 127. The second-order valence-electron chi connectivity index (χ2n) is 4.73. The van der Waals surface area contributed by atoms with Crippen LogP contribution in [0.4, 0.5) is 0 Å². The molecular formula is C13H25IN4O2S2. The lowest BCUT2D eigenvalue weighted by atomic mass is 10.1. The molecule has 0 aliphatic rings. The van der Waals surface area contributed by atoms with E-state index >= 15 is 0 Å². The Morgan fingerprint density at radius 2 is 2.09 bits per heavy atom. The maximum Gasteiger partial charge on any atom is 0.208 e. The molecule has 0 spiro atoms. The molecule has 0 amide bonds. The van der Waals surface area contributed by atoms with Gasteiger partial charge in [0, 0.05) is 30.4 Å². The van der Waals surface area contributed by atoms with Gasteiger partial charge in [-0.1, -0.05) is 13.0 Å². The summed E-state index contributed by atoms with van der Waals surface area (Å²) in [4.78, 5) is 5.84. The summed E-state index contributed by atoms with van der Waals surface area (Å²) in [6.45, 7) is 6.42. The van der Waals surface area contributed by atoms with Crippen molar-refractivity contribution in [2.45, 2.75) is 19.8 Å². The van der Waals surface area contributed by atoms with E-state index in [0.717, 1.165) is 12.8 Å². The van der Waals surface area contributed by atoms with Crippen LogP contribution in [0.3, 0.4) is 0 Å². The second kappa shape index (κ2) is 11.2. The number of nitrogens with one attached hydrogen (secondary N) is 3. The van der Waals surface area contributed by atoms with Crippen molar-refractivity contribution < 1.29 is 8.42 Å². The van der Waals surface area contributed by atoms with Crippen LogP contribution in [0.25, 0.3) is 0 Å². The summed E-state index contributed by atoms with van der Waals surface area (Å²) in [6, 6.07) is 4.15. The van der Waals surface area contributed by atoms with Crippen molar-refractivity contribution in [3.63, 3.8) is 0 Å². The lowest BCUT2D eigenvalue weighted by Gasteiger charge is -2.13. The smallest absolute Gasteiger partial charge is 0.208 e. The summed E-state index contributed by atoms with van der Waals surface area (Å²) in [7, 11) is -3.14. The van der Waals surface area contributed by atoms with Gasteiger partial charge in [0.1, 0.15) is 0 Å². The van der Waals surface area contributed by atoms with Crippen LogP contribution in [-0.4, -0.2) is 46.8 Å². The number of rotatable bonds is 8. The zero-order valence-corrected chi connectivity index (χ0v) is 17.1. The molecule has 0 bridgehead atoms. The summed E-state index contributed by atoms with van der Waals surface area (Å²) in [6.07, 6.45) is 1.15. The van der Waals surface area contributed by atoms with Crippen molar-refractivity contribution in [2.24, 2.45) is 4.99 Å². The zero-order chi connectivity index (χ0) is 15.7. The van der Waals surface area contributed by atoms with Crippen LogP contribution in [0.2, 0.25) is 0 Å². The third-order valence-electron chi connectivity index (χ3n) is 2.68. The molecule has 0 fully saturated rings. The Balaban J connectivity index is 0.00000441. The highest BCUT2D eigenvalue weighted by molar-refractivity contribution is 14.0. The fourth-order valence-electron chi connectivity index (χ4n) is 1.65. The van der Waals surface area contributed by atoms with Crippen molar-refractivity contribution in [3.05, 3.63) is 22.4 Å². The molecule has 0 radical (unpaired) electrons. The molecule has 3 N–H and O–H groups in total. The van der Waals surface area contributed by atoms with E-state index in [1.54, 1.807) is 11.3 Å². The maximum absolute atomic E-state index is 11.0. The highest BCUT2D eigenvalue weighted by Gasteiger charge is 2.06. The van der Waals surface area contributed by atoms with E-state index < -0.39 is 10.0 Å². The lowest BCUT2D eigenvalue weighted by molar-refractivity contribution is 0.586. The monoisotopic (exact) mass is 460 g/mol. The Bertz CT molecular complexity index is 532. The molecule has 6 nitrogen and oxygen atoms in total. The molecule has 0 saturated carbocycles. The normalized spacial score (nSPS) is 13.3. The number of thiophene rings is 1. The summed E-state index contributed by atoms with van der Waals surface area (Å²) in [5.74, 6) is 1.07. The lowest BCUT2D eigenvalue weighted by Crippen LogP contribution is -2.41. The largest absolute Gasteiger partial charge is 0.357 e. The first-order valence-electron chi connectivity index (χ1n) is 6.92. The van der Waals surface area contributed by atoms with Crippen molar-refractivity contribution in [3.8, 4) is 0 Å². The minimum absolute atomic E-state index is 0. The Morgan fingerprint density at radius 1 is 1.36 bits per heavy atom. The molecule has 128 valence electrons. The topological polar surface area (TPSA) is 82.6 Å². The minimum Gasteiger partial charge on any atom is -0.357 e. The summed E-state index contributed by atoms with van der Waals surface area (Å²) in [5, 5.41) is 8.32. The molecule has 0 aromatic carbocycles. The van der Waals surface area contributed by atoms with Crippen LogP contribution in [-0.2, 0) is 10.0 Å². The van der Waals surface area contributed by atoms with Gasteiger partial charge in [0.25, 0.3) is 0 Å². The van der Waals surface area contributed by atoms with Crippen molar-refractivity contribution in [2.75, 3.05) is 32.4 Å². The molecule has 9 heteroatoms. The number of halogens is 1. The molecule has 1 rings (SSSR count). The second-order valence-corrected chi connectivity index (χ2v) is 7.54. The maximum atomic E-state index is 11.0. The highest BCUT2D eigenvalue weighted by Crippen LogP contribution is 2.20. The van der Waals surface area contributed by atoms with Crippen LogP contribution in [0.1, 0.15) is 24.6 Å². The van der Waals surface area contributed by atoms with E-state index in [1.807, 2.05) is 13.0 Å². The van der Waals surface area contributed by atoms with Gasteiger partial charge in [0.15, 0.2) is 5.96 Å². The van der Waals surface area contributed by atoms with Crippen LogP contribution in [0.5, 0.6) is 0 Å². The van der Waals surface area contributed by atoms with E-state index in [2.05, 4.69) is 38.7 Å². The number of sulfonamides is 1. The molecular weight excluding hydrogens is 435 g/mol. The molecule has 1 aromatic rings. The summed E-state index contributed by atoms with van der Waals surface area (Å²) < 4.78 is 24.4. The van der Waals surface area contributed by atoms with Gasteiger partial charge in [-0.3, -0.25) is 4.99 Å². The number of hydrogen-bond donors (Lipinski definition) is 3. The molecule has 0 saturated heterocycles. The third kappa shape index (κ3) is 9.59. The molecule has 0 aliphatic carbocycles. The Hall–Kier alpha value is -0.390. The quantitative estimate of drug-likeness (QED) is 0.238. The van der Waals surface area contributed by atoms with Crippen molar-refractivity contribution in [1.29, 1.82) is 0 Å². The van der Waals surface area contributed by atoms with Gasteiger partial charge >= 0.3 is 0 Å². The fourth-order valence-corrected chi connectivity index (χ4v) is 2.90. The summed E-state index contributed by atoms with van der Waals surface area (Å²) in [5.41, 5.74) is 0. The Labute approximate surface area is 154 Å². The fraction of sp³-hybridized carbons (Fsp3) is 0.615. The van der Waals surface area contributed by atoms with E-state index in [1.165, 1.54) is 4.88 Å². The average Bonchev–Trinajstić information content (AvgIpc) is 2.93. The molecule has 1 atom stereocenters. The van der Waals surface area contributed by atoms with Gasteiger partial charge in [-0.25, -0.2) is 13.1 Å². The Morgan fingerprint density at radius 3 is 2.64 bits per heavy atom. The molecule has 1 heterocycles. The number of guanidine groups is 1. The van der Waals surface area contributed by atoms with Gasteiger partial charge in [-0.2, -0.15) is 0 Å². The van der Waals surface area contributed by atoms with Crippen LogP contribution >= 0.6 is 35.3 Å². The van der Waals surface area contributed by atoms with Crippen LogP contribution < -0.4 is 15.4 Å². The number of hydrogen-bond acceptors (Lipinski definition) is 4. The molecule has 1 unspecified atom stereocenters. The van der Waals surface area contributed by atoms with E-state index in [9.17, 15) is 8.42 Å². The van der Waals surface area contributed by atoms with Crippen LogP contribution in [0.15, 0.2) is 22.5 Å². The van der Waals surface area contributed by atoms with Crippen molar-refractivity contribution in [1.82, 2.24) is 15.4 Å². The minimum atomic E-state index is -3.14. The third-order valence-corrected chi connectivity index (χ3v) is 4.51.